The molecule has 0 bridgehead atoms. The van der Waals surface area contributed by atoms with Gasteiger partial charge in [-0.05, 0) is 26.7 Å². The quantitative estimate of drug-likeness (QED) is 0.431. The van der Waals surface area contributed by atoms with Gasteiger partial charge in [-0.25, -0.2) is 0 Å². The summed E-state index contributed by atoms with van der Waals surface area (Å²) in [6.07, 6.45) is 15.4. The molecule has 0 aliphatic rings. The van der Waals surface area contributed by atoms with Gasteiger partial charge in [-0.1, -0.05) is 43.0 Å². The van der Waals surface area contributed by atoms with Gasteiger partial charge in [0.15, 0.2) is 0 Å². The molecule has 0 saturated heterocycles. The largest absolute Gasteiger partial charge is 0.492 e. The van der Waals surface area contributed by atoms with Gasteiger partial charge in [-0.3, -0.25) is 4.98 Å². The van der Waals surface area contributed by atoms with E-state index < -0.39 is 0 Å². The van der Waals surface area contributed by atoms with Crippen LogP contribution in [-0.4, -0.2) is 11.6 Å². The number of rotatable bonds is 7. The van der Waals surface area contributed by atoms with E-state index in [1.165, 1.54) is 0 Å². The summed E-state index contributed by atoms with van der Waals surface area (Å²) in [4.78, 5) is 4.38. The first-order valence-corrected chi connectivity index (χ1v) is 6.89. The Kier molecular flexibility index (Phi) is 7.12. The molecule has 0 aliphatic heterocycles. The van der Waals surface area contributed by atoms with Gasteiger partial charge < -0.3 is 4.74 Å². The average Bonchev–Trinajstić information content (AvgIpc) is 2.45. The fourth-order valence-electron chi connectivity index (χ4n) is 1.84. The molecule has 20 heavy (non-hydrogen) atoms. The molecule has 0 unspecified atom stereocenters. The fourth-order valence-corrected chi connectivity index (χ4v) is 1.84. The van der Waals surface area contributed by atoms with Gasteiger partial charge in [-0.2, -0.15) is 0 Å². The van der Waals surface area contributed by atoms with E-state index in [4.69, 9.17) is 4.74 Å². The minimum absolute atomic E-state index is 0.633. The average molecular weight is 269 g/mol. The number of nitrogens with zero attached hydrogens (tertiary/aromatic N) is 1. The van der Waals surface area contributed by atoms with Crippen molar-refractivity contribution in [3.05, 3.63) is 59.3 Å². The summed E-state index contributed by atoms with van der Waals surface area (Å²) in [6.45, 7) is 12.4. The highest BCUT2D eigenvalue weighted by atomic mass is 16.5. The van der Waals surface area contributed by atoms with Crippen LogP contribution in [0.4, 0.5) is 0 Å². The third kappa shape index (κ3) is 4.54. The SMILES string of the molecule is C=CCc1cn/c(=C/C)c(=C)c1OCC/C=C\C=C/C. The summed E-state index contributed by atoms with van der Waals surface area (Å²) in [5.74, 6) is 0.840. The molecule has 0 aromatic carbocycles. The van der Waals surface area contributed by atoms with E-state index in [-0.39, 0.29) is 0 Å². The van der Waals surface area contributed by atoms with E-state index in [1.54, 1.807) is 0 Å². The number of aromatic nitrogens is 1. The van der Waals surface area contributed by atoms with Crippen molar-refractivity contribution >= 4 is 12.7 Å². The first-order chi connectivity index (χ1) is 9.74. The number of hydrogen-bond donors (Lipinski definition) is 0. The molecular formula is C18H23NO. The maximum absolute atomic E-state index is 5.90. The fraction of sp³-hybridized carbons (Fsp3) is 0.278. The Hall–Kier alpha value is -2.09. The van der Waals surface area contributed by atoms with Crippen LogP contribution in [0.2, 0.25) is 0 Å². The van der Waals surface area contributed by atoms with Crippen LogP contribution in [0.1, 0.15) is 25.8 Å². The van der Waals surface area contributed by atoms with Crippen molar-refractivity contribution in [2.45, 2.75) is 26.7 Å². The van der Waals surface area contributed by atoms with Crippen LogP contribution in [0.5, 0.6) is 5.75 Å². The van der Waals surface area contributed by atoms with Crippen LogP contribution in [0.3, 0.4) is 0 Å². The highest BCUT2D eigenvalue weighted by Gasteiger charge is 2.05. The van der Waals surface area contributed by atoms with Crippen LogP contribution in [0.25, 0.3) is 12.7 Å². The molecule has 0 spiro atoms. The smallest absolute Gasteiger partial charge is 0.133 e. The van der Waals surface area contributed by atoms with E-state index in [9.17, 15) is 0 Å². The monoisotopic (exact) mass is 269 g/mol. The van der Waals surface area contributed by atoms with Gasteiger partial charge >= 0.3 is 0 Å². The molecule has 1 aromatic heterocycles. The van der Waals surface area contributed by atoms with E-state index in [0.717, 1.165) is 34.7 Å². The Labute approximate surface area is 121 Å². The molecule has 0 atom stereocenters. The molecule has 0 N–H and O–H groups in total. The standard InChI is InChI=1S/C18H23NO/c1-5-8-9-10-11-13-20-18-15(4)17(7-3)19-14-16(18)12-6-2/h5-10,14H,2,4,11-13H2,1,3H3/b8-5-,10-9-,17-7+. The van der Waals surface area contributed by atoms with Gasteiger partial charge in [0.25, 0.3) is 0 Å². The summed E-state index contributed by atoms with van der Waals surface area (Å²) in [5, 5.41) is 1.72. The van der Waals surface area contributed by atoms with E-state index in [0.29, 0.717) is 6.61 Å². The molecule has 2 nitrogen and oxygen atoms in total. The molecule has 0 aliphatic carbocycles. The van der Waals surface area contributed by atoms with Crippen molar-refractivity contribution in [2.75, 3.05) is 6.61 Å². The first kappa shape index (κ1) is 16.0. The van der Waals surface area contributed by atoms with Crippen molar-refractivity contribution in [3.8, 4) is 5.75 Å². The lowest BCUT2D eigenvalue weighted by atomic mass is 10.1. The summed E-state index contributed by atoms with van der Waals surface area (Å²) in [6, 6.07) is 0. The van der Waals surface area contributed by atoms with Crippen molar-refractivity contribution in [2.24, 2.45) is 0 Å². The summed E-state index contributed by atoms with van der Waals surface area (Å²) in [7, 11) is 0. The van der Waals surface area contributed by atoms with E-state index >= 15 is 0 Å². The molecule has 2 heteroatoms. The molecule has 106 valence electrons. The van der Waals surface area contributed by atoms with Crippen molar-refractivity contribution in [1.82, 2.24) is 4.98 Å². The second-order valence-corrected chi connectivity index (χ2v) is 4.35. The minimum atomic E-state index is 0.633. The normalized spacial score (nSPS) is 12.4. The molecular weight excluding hydrogens is 246 g/mol. The molecule has 0 amide bonds. The number of ether oxygens (including phenoxy) is 1. The highest BCUT2D eigenvalue weighted by molar-refractivity contribution is 5.37. The third-order valence-electron chi connectivity index (χ3n) is 2.84. The maximum Gasteiger partial charge on any atom is 0.133 e. The van der Waals surface area contributed by atoms with Gasteiger partial charge in [0.1, 0.15) is 5.75 Å². The zero-order valence-corrected chi connectivity index (χ0v) is 12.4. The molecule has 1 heterocycles. The highest BCUT2D eigenvalue weighted by Crippen LogP contribution is 2.11. The van der Waals surface area contributed by atoms with Gasteiger partial charge in [-0.15, -0.1) is 6.58 Å². The van der Waals surface area contributed by atoms with Crippen molar-refractivity contribution < 1.29 is 4.74 Å². The van der Waals surface area contributed by atoms with Crippen LogP contribution in [0, 0.1) is 0 Å². The molecule has 1 rings (SSSR count). The van der Waals surface area contributed by atoms with Gasteiger partial charge in [0.05, 0.1) is 12.0 Å². The number of pyridine rings is 1. The molecule has 0 fully saturated rings. The predicted octanol–water partition coefficient (Wildman–Crippen LogP) is 2.92. The Morgan fingerprint density at radius 1 is 1.30 bits per heavy atom. The maximum atomic E-state index is 5.90. The first-order valence-electron chi connectivity index (χ1n) is 6.89. The zero-order valence-electron chi connectivity index (χ0n) is 12.4. The van der Waals surface area contributed by atoms with E-state index in [1.807, 2.05) is 50.4 Å². The lowest BCUT2D eigenvalue weighted by molar-refractivity contribution is 0.318. The van der Waals surface area contributed by atoms with Crippen molar-refractivity contribution in [3.63, 3.8) is 0 Å². The second-order valence-electron chi connectivity index (χ2n) is 4.35. The number of allylic oxidation sites excluding steroid dienone is 4. The van der Waals surface area contributed by atoms with Crippen LogP contribution in [0.15, 0.2) is 43.2 Å². The second kappa shape index (κ2) is 8.92. The van der Waals surface area contributed by atoms with Crippen LogP contribution in [-0.2, 0) is 6.42 Å². The number of hydrogen-bond acceptors (Lipinski definition) is 2. The van der Waals surface area contributed by atoms with Crippen molar-refractivity contribution in [1.29, 1.82) is 0 Å². The third-order valence-corrected chi connectivity index (χ3v) is 2.84. The van der Waals surface area contributed by atoms with E-state index in [2.05, 4.69) is 24.2 Å². The summed E-state index contributed by atoms with van der Waals surface area (Å²) < 4.78 is 5.90. The lowest BCUT2D eigenvalue weighted by Crippen LogP contribution is -2.29. The molecule has 0 radical (unpaired) electrons. The van der Waals surface area contributed by atoms with Gasteiger partial charge in [0.2, 0.25) is 0 Å². The minimum Gasteiger partial charge on any atom is -0.492 e. The van der Waals surface area contributed by atoms with Gasteiger partial charge in [0, 0.05) is 17.0 Å². The predicted molar refractivity (Wildman–Crippen MR) is 87.1 cm³/mol. The lowest BCUT2D eigenvalue weighted by Gasteiger charge is -2.10. The van der Waals surface area contributed by atoms with Crippen LogP contribution >= 0.6 is 0 Å². The summed E-state index contributed by atoms with van der Waals surface area (Å²) >= 11 is 0. The Morgan fingerprint density at radius 2 is 2.10 bits per heavy atom. The molecule has 0 saturated carbocycles. The summed E-state index contributed by atoms with van der Waals surface area (Å²) in [5.41, 5.74) is 1.04. The zero-order chi connectivity index (χ0) is 14.8. The molecule has 1 aromatic rings. The Balaban J connectivity index is 2.86. The van der Waals surface area contributed by atoms with Crippen LogP contribution < -0.4 is 15.3 Å². The Morgan fingerprint density at radius 3 is 2.75 bits per heavy atom. The Bertz CT molecular complexity index is 597. The topological polar surface area (TPSA) is 22.1 Å².